The molecule has 2 heterocycles. The van der Waals surface area contributed by atoms with Crippen molar-refractivity contribution in [3.8, 4) is 0 Å². The molecule has 4 N–H and O–H groups in total. The van der Waals surface area contributed by atoms with Crippen molar-refractivity contribution in [1.29, 1.82) is 0 Å². The maximum atomic E-state index is 12.5. The van der Waals surface area contributed by atoms with Crippen LogP contribution in [0, 0.1) is 5.92 Å². The second-order valence-electron chi connectivity index (χ2n) is 7.29. The predicted molar refractivity (Wildman–Crippen MR) is 91.1 cm³/mol. The van der Waals surface area contributed by atoms with Gasteiger partial charge in [0, 0.05) is 13.0 Å². The van der Waals surface area contributed by atoms with Gasteiger partial charge in [0.25, 0.3) is 0 Å². The van der Waals surface area contributed by atoms with E-state index >= 15 is 0 Å². The first kappa shape index (κ1) is 19.4. The summed E-state index contributed by atoms with van der Waals surface area (Å²) in [6, 6.07) is -1.99. The summed E-state index contributed by atoms with van der Waals surface area (Å²) in [4.78, 5) is 50.0. The monoisotopic (exact) mass is 352 g/mol. The molecule has 0 saturated carbocycles. The van der Waals surface area contributed by atoms with Gasteiger partial charge < -0.3 is 16.0 Å². The number of hydrogen-bond donors (Lipinski definition) is 3. The van der Waals surface area contributed by atoms with E-state index in [0.717, 1.165) is 0 Å². The molecule has 0 spiro atoms. The number of likely N-dealkylation sites (tertiary alicyclic amines) is 1. The van der Waals surface area contributed by atoms with Crippen molar-refractivity contribution in [2.45, 2.75) is 70.5 Å². The van der Waals surface area contributed by atoms with Crippen LogP contribution in [-0.2, 0) is 19.2 Å². The molecule has 1 unspecified atom stereocenters. The van der Waals surface area contributed by atoms with Crippen LogP contribution in [0.5, 0.6) is 0 Å². The zero-order chi connectivity index (χ0) is 18.6. The van der Waals surface area contributed by atoms with Gasteiger partial charge in [0.2, 0.25) is 23.6 Å². The van der Waals surface area contributed by atoms with Crippen LogP contribution in [0.4, 0.5) is 0 Å². The maximum absolute atomic E-state index is 12.5. The highest BCUT2D eigenvalue weighted by atomic mass is 16.2. The van der Waals surface area contributed by atoms with Crippen LogP contribution in [0.1, 0.15) is 52.4 Å². The highest BCUT2D eigenvalue weighted by molar-refractivity contribution is 6.02. The predicted octanol–water partition coefficient (Wildman–Crippen LogP) is -0.338. The van der Waals surface area contributed by atoms with E-state index in [4.69, 9.17) is 5.73 Å². The molecule has 8 heteroatoms. The van der Waals surface area contributed by atoms with Gasteiger partial charge in [-0.2, -0.15) is 0 Å². The lowest BCUT2D eigenvalue weighted by molar-refractivity contribution is -0.142. The van der Waals surface area contributed by atoms with Gasteiger partial charge >= 0.3 is 0 Å². The Labute approximate surface area is 147 Å². The molecule has 140 valence electrons. The fourth-order valence-corrected chi connectivity index (χ4v) is 3.42. The third-order valence-electron chi connectivity index (χ3n) is 4.68. The molecule has 0 aromatic heterocycles. The quantitative estimate of drug-likeness (QED) is 0.585. The van der Waals surface area contributed by atoms with Crippen molar-refractivity contribution in [3.63, 3.8) is 0 Å². The van der Waals surface area contributed by atoms with Crippen LogP contribution in [0.25, 0.3) is 0 Å². The zero-order valence-corrected chi connectivity index (χ0v) is 14.9. The van der Waals surface area contributed by atoms with E-state index in [0.29, 0.717) is 45.1 Å². The largest absolute Gasteiger partial charge is 0.344 e. The number of nitrogens with one attached hydrogen (secondary N) is 2. The van der Waals surface area contributed by atoms with Crippen LogP contribution >= 0.6 is 0 Å². The first-order valence-corrected chi connectivity index (χ1v) is 8.99. The van der Waals surface area contributed by atoms with Crippen molar-refractivity contribution in [2.24, 2.45) is 11.7 Å². The van der Waals surface area contributed by atoms with E-state index in [-0.39, 0.29) is 17.7 Å². The Kier molecular flexibility index (Phi) is 6.52. The molecule has 8 nitrogen and oxygen atoms in total. The zero-order valence-electron chi connectivity index (χ0n) is 14.9. The molecule has 0 aliphatic carbocycles. The van der Waals surface area contributed by atoms with Crippen molar-refractivity contribution >= 4 is 23.6 Å². The number of carbonyl (C=O) groups is 4. The average Bonchev–Trinajstić information content (AvgIpc) is 3.03. The molecule has 2 rings (SSSR count). The number of carbonyl (C=O) groups excluding carboxylic acids is 4. The molecule has 2 saturated heterocycles. The smallest absolute Gasteiger partial charge is 0.249 e. The number of rotatable bonds is 5. The highest BCUT2D eigenvalue weighted by Gasteiger charge is 2.37. The van der Waals surface area contributed by atoms with E-state index < -0.39 is 29.9 Å². The summed E-state index contributed by atoms with van der Waals surface area (Å²) in [6.45, 7) is 4.44. The van der Waals surface area contributed by atoms with Gasteiger partial charge in [-0.25, -0.2) is 0 Å². The van der Waals surface area contributed by atoms with Crippen LogP contribution in [-0.4, -0.2) is 53.2 Å². The van der Waals surface area contributed by atoms with Crippen molar-refractivity contribution < 1.29 is 19.2 Å². The Morgan fingerprint density at radius 3 is 2.60 bits per heavy atom. The number of imide groups is 1. The number of nitrogens with zero attached hydrogens (tertiary/aromatic N) is 1. The van der Waals surface area contributed by atoms with Crippen LogP contribution in [0.15, 0.2) is 0 Å². The summed E-state index contributed by atoms with van der Waals surface area (Å²) >= 11 is 0. The summed E-state index contributed by atoms with van der Waals surface area (Å²) in [5.41, 5.74) is 5.96. The van der Waals surface area contributed by atoms with Crippen molar-refractivity contribution in [1.82, 2.24) is 15.5 Å². The van der Waals surface area contributed by atoms with Gasteiger partial charge in [-0.1, -0.05) is 13.8 Å². The fourth-order valence-electron chi connectivity index (χ4n) is 3.42. The maximum Gasteiger partial charge on any atom is 0.249 e. The SMILES string of the molecule is CC(C)C[C@H](N)C(=O)N1CCC[C@H]1C(=O)NC(=O)C1CCCC(=O)N1. The van der Waals surface area contributed by atoms with Gasteiger partial charge in [0.15, 0.2) is 0 Å². The highest BCUT2D eigenvalue weighted by Crippen LogP contribution is 2.20. The summed E-state index contributed by atoms with van der Waals surface area (Å²) < 4.78 is 0. The van der Waals surface area contributed by atoms with Gasteiger partial charge in [0.05, 0.1) is 6.04 Å². The third-order valence-corrected chi connectivity index (χ3v) is 4.68. The second kappa shape index (κ2) is 8.42. The number of amides is 4. The average molecular weight is 352 g/mol. The van der Waals surface area contributed by atoms with Crippen LogP contribution < -0.4 is 16.4 Å². The Bertz CT molecular complexity index is 549. The molecule has 0 aromatic rings. The van der Waals surface area contributed by atoms with E-state index in [1.165, 1.54) is 4.90 Å². The second-order valence-corrected chi connectivity index (χ2v) is 7.29. The van der Waals surface area contributed by atoms with Crippen molar-refractivity contribution in [3.05, 3.63) is 0 Å². The third kappa shape index (κ3) is 5.01. The van der Waals surface area contributed by atoms with Gasteiger partial charge in [0.1, 0.15) is 12.1 Å². The van der Waals surface area contributed by atoms with Gasteiger partial charge in [-0.05, 0) is 38.0 Å². The minimum Gasteiger partial charge on any atom is -0.344 e. The molecule has 0 bridgehead atoms. The van der Waals surface area contributed by atoms with Gasteiger partial charge in [-0.15, -0.1) is 0 Å². The fraction of sp³-hybridized carbons (Fsp3) is 0.765. The first-order valence-electron chi connectivity index (χ1n) is 8.99. The molecular formula is C17H28N4O4. The summed E-state index contributed by atoms with van der Waals surface area (Å²) in [5, 5.41) is 4.93. The van der Waals surface area contributed by atoms with E-state index in [9.17, 15) is 19.2 Å². The van der Waals surface area contributed by atoms with Crippen LogP contribution in [0.2, 0.25) is 0 Å². The van der Waals surface area contributed by atoms with E-state index in [2.05, 4.69) is 10.6 Å². The molecule has 25 heavy (non-hydrogen) atoms. The van der Waals surface area contributed by atoms with Crippen molar-refractivity contribution in [2.75, 3.05) is 6.54 Å². The summed E-state index contributed by atoms with van der Waals surface area (Å²) in [7, 11) is 0. The molecule has 2 aliphatic rings. The molecule has 4 amide bonds. The Balaban J connectivity index is 1.94. The molecule has 0 radical (unpaired) electrons. The van der Waals surface area contributed by atoms with Crippen LogP contribution in [0.3, 0.4) is 0 Å². The Hall–Kier alpha value is -1.96. The van der Waals surface area contributed by atoms with E-state index in [1.807, 2.05) is 13.8 Å². The molecule has 0 aromatic carbocycles. The minimum atomic E-state index is -0.682. The Morgan fingerprint density at radius 2 is 1.96 bits per heavy atom. The first-order chi connectivity index (χ1) is 11.8. The number of nitrogens with two attached hydrogens (primary N) is 1. The molecule has 2 aliphatic heterocycles. The molecule has 2 fully saturated rings. The lowest BCUT2D eigenvalue weighted by atomic mass is 10.0. The van der Waals surface area contributed by atoms with Gasteiger partial charge in [-0.3, -0.25) is 24.5 Å². The normalized spacial score (nSPS) is 24.8. The Morgan fingerprint density at radius 1 is 1.24 bits per heavy atom. The topological polar surface area (TPSA) is 122 Å². The summed E-state index contributed by atoms with van der Waals surface area (Å²) in [6.07, 6.45) is 3.30. The minimum absolute atomic E-state index is 0.184. The number of hydrogen-bond acceptors (Lipinski definition) is 5. The lowest BCUT2D eigenvalue weighted by Crippen LogP contribution is -2.56. The van der Waals surface area contributed by atoms with E-state index in [1.54, 1.807) is 0 Å². The molecule has 3 atom stereocenters. The standard InChI is InChI=1S/C17H28N4O4/c1-10(2)9-11(18)17(25)21-8-4-6-13(21)16(24)20-15(23)12-5-3-7-14(22)19-12/h10-13H,3-9,18H2,1-2H3,(H,19,22)(H,20,23,24)/t11-,12?,13-/m0/s1. The number of piperidine rings is 1. The lowest BCUT2D eigenvalue weighted by Gasteiger charge is -2.28. The summed E-state index contributed by atoms with van der Waals surface area (Å²) in [5.74, 6) is -1.15. The molecular weight excluding hydrogens is 324 g/mol.